The molecule has 0 N–H and O–H groups in total. The van der Waals surface area contributed by atoms with Crippen molar-refractivity contribution in [1.82, 2.24) is 0 Å². The van der Waals surface area contributed by atoms with Crippen LogP contribution in [-0.4, -0.2) is 7.85 Å². The highest BCUT2D eigenvalue weighted by Gasteiger charge is 1.99. The van der Waals surface area contributed by atoms with Crippen molar-refractivity contribution in [2.75, 3.05) is 0 Å². The van der Waals surface area contributed by atoms with Crippen LogP contribution in [-0.2, 0) is 0 Å². The summed E-state index contributed by atoms with van der Waals surface area (Å²) in [5.41, 5.74) is 0. The summed E-state index contributed by atoms with van der Waals surface area (Å²) in [6.07, 6.45) is 10.4. The maximum absolute atomic E-state index is 5.94. The summed E-state index contributed by atoms with van der Waals surface area (Å²) in [6.45, 7) is 4.47. The van der Waals surface area contributed by atoms with Gasteiger partial charge < -0.3 is 0 Å². The Labute approximate surface area is 79.5 Å². The fourth-order valence-corrected chi connectivity index (χ4v) is 1.44. The Balaban J connectivity index is 3.02. The lowest BCUT2D eigenvalue weighted by Crippen LogP contribution is -1.92. The third-order valence-corrected chi connectivity index (χ3v) is 2.36. The monoisotopic (exact) mass is 166 g/mol. The van der Waals surface area contributed by atoms with E-state index in [4.69, 9.17) is 7.85 Å². The molecule has 0 aliphatic heterocycles. The topological polar surface area (TPSA) is 0 Å². The first kappa shape index (κ1) is 12.1. The molecule has 0 heterocycles. The summed E-state index contributed by atoms with van der Waals surface area (Å²) in [5, 5.41) is 0. The first-order valence-corrected chi connectivity index (χ1v) is 5.56. The van der Waals surface area contributed by atoms with E-state index in [0.29, 0.717) is 5.82 Å². The number of hydrogen-bond donors (Lipinski definition) is 0. The largest absolute Gasteiger partial charge is 0.0774 e. The highest BCUT2D eigenvalue weighted by Crippen LogP contribution is 2.18. The van der Waals surface area contributed by atoms with Crippen molar-refractivity contribution >= 4 is 7.85 Å². The lowest BCUT2D eigenvalue weighted by molar-refractivity contribution is 0.572. The molecule has 0 saturated heterocycles. The van der Waals surface area contributed by atoms with Crippen LogP contribution >= 0.6 is 0 Å². The molecule has 1 heteroatoms. The summed E-state index contributed by atoms with van der Waals surface area (Å²) < 4.78 is 0. The zero-order valence-electron chi connectivity index (χ0n) is 8.81. The molecule has 0 saturated carbocycles. The minimum Gasteiger partial charge on any atom is -0.0774 e. The molecule has 0 aliphatic rings. The van der Waals surface area contributed by atoms with Crippen molar-refractivity contribution in [2.24, 2.45) is 0 Å². The molecule has 2 radical (unpaired) electrons. The van der Waals surface area contributed by atoms with Crippen LogP contribution in [0.2, 0.25) is 5.82 Å². The Morgan fingerprint density at radius 1 is 0.833 bits per heavy atom. The van der Waals surface area contributed by atoms with Gasteiger partial charge in [0.15, 0.2) is 0 Å². The molecule has 1 atom stereocenters. The van der Waals surface area contributed by atoms with E-state index in [1.807, 2.05) is 0 Å². The van der Waals surface area contributed by atoms with Crippen molar-refractivity contribution in [1.29, 1.82) is 0 Å². The lowest BCUT2D eigenvalue weighted by atomic mass is 9.79. The highest BCUT2D eigenvalue weighted by atomic mass is 14.0. The molecule has 0 aromatic heterocycles. The van der Waals surface area contributed by atoms with Crippen molar-refractivity contribution in [3.8, 4) is 0 Å². The fraction of sp³-hybridized carbons (Fsp3) is 1.00. The van der Waals surface area contributed by atoms with Gasteiger partial charge in [0.2, 0.25) is 0 Å². The standard InChI is InChI=1S/C11H23B/c1-3-5-7-8-10-11(12)9-6-4-2/h11H,3-10H2,1-2H3. The third kappa shape index (κ3) is 8.16. The van der Waals surface area contributed by atoms with Gasteiger partial charge in [0, 0.05) is 0 Å². The Hall–Kier alpha value is 0.0649. The van der Waals surface area contributed by atoms with E-state index in [2.05, 4.69) is 13.8 Å². The number of unbranched alkanes of at least 4 members (excludes halogenated alkanes) is 4. The average Bonchev–Trinajstić information content (AvgIpc) is 2.09. The summed E-state index contributed by atoms with van der Waals surface area (Å²) in [4.78, 5) is 0. The van der Waals surface area contributed by atoms with Crippen LogP contribution < -0.4 is 0 Å². The molecule has 0 spiro atoms. The lowest BCUT2D eigenvalue weighted by Gasteiger charge is -2.09. The second kappa shape index (κ2) is 9.16. The van der Waals surface area contributed by atoms with Gasteiger partial charge in [-0.3, -0.25) is 0 Å². The van der Waals surface area contributed by atoms with Gasteiger partial charge in [-0.15, -0.1) is 0 Å². The van der Waals surface area contributed by atoms with E-state index in [1.54, 1.807) is 0 Å². The summed E-state index contributed by atoms with van der Waals surface area (Å²) in [6, 6.07) is 0. The van der Waals surface area contributed by atoms with Crippen molar-refractivity contribution < 1.29 is 0 Å². The maximum atomic E-state index is 5.94. The zero-order chi connectivity index (χ0) is 9.23. The summed E-state index contributed by atoms with van der Waals surface area (Å²) in [7, 11) is 5.94. The van der Waals surface area contributed by atoms with Crippen LogP contribution in [0.4, 0.5) is 0 Å². The first-order valence-electron chi connectivity index (χ1n) is 5.56. The SMILES string of the molecule is [B]C(CCCC)CCCCCC. The van der Waals surface area contributed by atoms with Crippen LogP contribution in [0.25, 0.3) is 0 Å². The predicted octanol–water partition coefficient (Wildman–Crippen LogP) is 4.10. The molecule has 70 valence electrons. The van der Waals surface area contributed by atoms with E-state index in [-0.39, 0.29) is 0 Å². The Morgan fingerprint density at radius 2 is 1.42 bits per heavy atom. The zero-order valence-corrected chi connectivity index (χ0v) is 8.81. The predicted molar refractivity (Wildman–Crippen MR) is 57.8 cm³/mol. The molecule has 0 rings (SSSR count). The molecular formula is C11H23B. The number of hydrogen-bond acceptors (Lipinski definition) is 0. The number of rotatable bonds is 8. The molecule has 0 amide bonds. The third-order valence-electron chi connectivity index (χ3n) is 2.36. The van der Waals surface area contributed by atoms with Gasteiger partial charge in [0.05, 0.1) is 7.85 Å². The molecular weight excluding hydrogens is 143 g/mol. The molecule has 0 aromatic carbocycles. The normalized spacial score (nSPS) is 13.2. The van der Waals surface area contributed by atoms with Gasteiger partial charge in [-0.25, -0.2) is 0 Å². The molecule has 0 fully saturated rings. The molecule has 0 aromatic rings. The van der Waals surface area contributed by atoms with Crippen molar-refractivity contribution in [2.45, 2.75) is 71.0 Å². The van der Waals surface area contributed by atoms with Gasteiger partial charge in [-0.1, -0.05) is 71.0 Å². The maximum Gasteiger partial charge on any atom is 0.0699 e. The second-order valence-electron chi connectivity index (χ2n) is 3.75. The van der Waals surface area contributed by atoms with E-state index in [9.17, 15) is 0 Å². The minimum absolute atomic E-state index is 0.474. The molecule has 12 heavy (non-hydrogen) atoms. The van der Waals surface area contributed by atoms with E-state index in [1.165, 1.54) is 51.4 Å². The quantitative estimate of drug-likeness (QED) is 0.376. The molecule has 0 aliphatic carbocycles. The van der Waals surface area contributed by atoms with Gasteiger partial charge in [0.1, 0.15) is 0 Å². The van der Waals surface area contributed by atoms with E-state index in [0.717, 1.165) is 0 Å². The minimum atomic E-state index is 0.474. The highest BCUT2D eigenvalue weighted by molar-refractivity contribution is 6.11. The van der Waals surface area contributed by atoms with Crippen LogP contribution in [0.15, 0.2) is 0 Å². The van der Waals surface area contributed by atoms with E-state index >= 15 is 0 Å². The Morgan fingerprint density at radius 3 is 2.00 bits per heavy atom. The van der Waals surface area contributed by atoms with Gasteiger partial charge in [-0.2, -0.15) is 0 Å². The molecule has 0 bridgehead atoms. The summed E-state index contributed by atoms with van der Waals surface area (Å²) >= 11 is 0. The van der Waals surface area contributed by atoms with E-state index < -0.39 is 0 Å². The van der Waals surface area contributed by atoms with Gasteiger partial charge in [-0.05, 0) is 0 Å². The van der Waals surface area contributed by atoms with Crippen LogP contribution in [0.3, 0.4) is 0 Å². The van der Waals surface area contributed by atoms with Gasteiger partial charge >= 0.3 is 0 Å². The summed E-state index contributed by atoms with van der Waals surface area (Å²) in [5.74, 6) is 0.474. The molecule has 0 nitrogen and oxygen atoms in total. The second-order valence-corrected chi connectivity index (χ2v) is 3.75. The average molecular weight is 166 g/mol. The van der Waals surface area contributed by atoms with Crippen molar-refractivity contribution in [3.63, 3.8) is 0 Å². The van der Waals surface area contributed by atoms with Crippen molar-refractivity contribution in [3.05, 3.63) is 0 Å². The smallest absolute Gasteiger partial charge is 0.0699 e. The Bertz CT molecular complexity index is 81.1. The van der Waals surface area contributed by atoms with Crippen LogP contribution in [0.5, 0.6) is 0 Å². The van der Waals surface area contributed by atoms with Gasteiger partial charge in [0.25, 0.3) is 0 Å². The molecule has 1 unspecified atom stereocenters. The Kier molecular flexibility index (Phi) is 9.20. The van der Waals surface area contributed by atoms with Crippen LogP contribution in [0.1, 0.15) is 65.2 Å². The van der Waals surface area contributed by atoms with Crippen LogP contribution in [0, 0.1) is 0 Å². The fourth-order valence-electron chi connectivity index (χ4n) is 1.44. The first-order chi connectivity index (χ1) is 5.81.